The van der Waals surface area contributed by atoms with Crippen molar-refractivity contribution in [3.63, 3.8) is 0 Å². The average Bonchev–Trinajstić information content (AvgIpc) is 2.52. The highest BCUT2D eigenvalue weighted by atomic mass is 35.5. The molecule has 0 aromatic heterocycles. The Morgan fingerprint density at radius 3 is 2.70 bits per heavy atom. The first kappa shape index (κ1) is 18.1. The maximum atomic E-state index is 10.7. The molecule has 2 N–H and O–H groups in total. The number of benzene rings is 2. The first-order chi connectivity index (χ1) is 11.0. The molecular weight excluding hydrogens is 355 g/mol. The number of carbonyl (C=O) groups is 1. The second-order valence-electron chi connectivity index (χ2n) is 5.24. The van der Waals surface area contributed by atoms with Gasteiger partial charge in [0.05, 0.1) is 10.0 Å². The third kappa shape index (κ3) is 4.85. The number of halogens is 3. The van der Waals surface area contributed by atoms with Gasteiger partial charge in [-0.05, 0) is 35.2 Å². The Morgan fingerprint density at radius 2 is 1.96 bits per heavy atom. The number of amides is 1. The summed E-state index contributed by atoms with van der Waals surface area (Å²) in [5, 5.41) is 7.76. The largest absolute Gasteiger partial charge is 0.328 e. The van der Waals surface area contributed by atoms with E-state index in [1.165, 1.54) is 0 Å². The Morgan fingerprint density at radius 1 is 1.17 bits per heavy atom. The van der Waals surface area contributed by atoms with Crippen molar-refractivity contribution < 1.29 is 4.79 Å². The summed E-state index contributed by atoms with van der Waals surface area (Å²) in [4.78, 5) is 10.7. The lowest BCUT2D eigenvalue weighted by atomic mass is 10.0. The van der Waals surface area contributed by atoms with Gasteiger partial charge in [-0.1, -0.05) is 59.9 Å². The molecule has 0 saturated carbocycles. The molecule has 0 aliphatic heterocycles. The number of hydrogen-bond acceptors (Lipinski definition) is 2. The van der Waals surface area contributed by atoms with Crippen LogP contribution in [-0.2, 0) is 11.3 Å². The average molecular weight is 372 g/mol. The predicted molar refractivity (Wildman–Crippen MR) is 97.7 cm³/mol. The third-order valence-corrected chi connectivity index (χ3v) is 4.63. The van der Waals surface area contributed by atoms with E-state index in [1.54, 1.807) is 18.2 Å². The topological polar surface area (TPSA) is 41.1 Å². The van der Waals surface area contributed by atoms with E-state index in [2.05, 4.69) is 17.6 Å². The molecule has 0 bridgehead atoms. The van der Waals surface area contributed by atoms with E-state index < -0.39 is 0 Å². The van der Waals surface area contributed by atoms with Crippen molar-refractivity contribution in [2.75, 3.05) is 11.9 Å². The fraction of sp³-hybridized carbons (Fsp3) is 0.235. The Bertz CT molecular complexity index is 692. The van der Waals surface area contributed by atoms with Crippen LogP contribution < -0.4 is 10.6 Å². The Hall–Kier alpha value is -1.26. The molecule has 0 radical (unpaired) electrons. The van der Waals surface area contributed by atoms with E-state index in [1.807, 2.05) is 18.2 Å². The molecule has 1 atom stereocenters. The minimum Gasteiger partial charge on any atom is -0.328 e. The van der Waals surface area contributed by atoms with Crippen LogP contribution in [0.25, 0.3) is 0 Å². The van der Waals surface area contributed by atoms with Crippen molar-refractivity contribution in [1.82, 2.24) is 5.32 Å². The molecule has 6 heteroatoms. The molecule has 1 amide bonds. The van der Waals surface area contributed by atoms with Gasteiger partial charge in [-0.25, -0.2) is 0 Å². The number of hydrogen-bond donors (Lipinski definition) is 2. The summed E-state index contributed by atoms with van der Waals surface area (Å²) in [5.74, 6) is 0.205. The number of nitrogens with one attached hydrogen (secondary N) is 2. The molecule has 0 heterocycles. The second-order valence-corrected chi connectivity index (χ2v) is 6.46. The van der Waals surface area contributed by atoms with Crippen molar-refractivity contribution in [2.24, 2.45) is 0 Å². The molecule has 122 valence electrons. The number of anilines is 1. The molecule has 0 saturated heterocycles. The fourth-order valence-corrected chi connectivity index (χ4v) is 3.00. The molecular formula is C17H17Cl3N2O. The van der Waals surface area contributed by atoms with Crippen molar-refractivity contribution in [3.8, 4) is 0 Å². The number of rotatable bonds is 7. The summed E-state index contributed by atoms with van der Waals surface area (Å²) in [6.07, 6.45) is 0.642. The van der Waals surface area contributed by atoms with Gasteiger partial charge in [0.2, 0.25) is 6.41 Å². The quantitative estimate of drug-likeness (QED) is 0.664. The van der Waals surface area contributed by atoms with Crippen LogP contribution >= 0.6 is 34.8 Å². The van der Waals surface area contributed by atoms with Gasteiger partial charge in [0.1, 0.15) is 0 Å². The van der Waals surface area contributed by atoms with Crippen molar-refractivity contribution in [1.29, 1.82) is 0 Å². The molecule has 0 aliphatic rings. The first-order valence-electron chi connectivity index (χ1n) is 7.16. The molecule has 0 fully saturated rings. The van der Waals surface area contributed by atoms with Gasteiger partial charge >= 0.3 is 0 Å². The lowest BCUT2D eigenvalue weighted by Crippen LogP contribution is -2.20. The Labute approximate surface area is 150 Å². The molecule has 0 aliphatic carbocycles. The lowest BCUT2D eigenvalue weighted by Gasteiger charge is -2.16. The summed E-state index contributed by atoms with van der Waals surface area (Å²) in [5.41, 5.74) is 2.67. The summed E-state index contributed by atoms with van der Waals surface area (Å²) < 4.78 is 0. The normalized spacial score (nSPS) is 12.0. The van der Waals surface area contributed by atoms with Crippen LogP contribution in [0.5, 0.6) is 0 Å². The van der Waals surface area contributed by atoms with Gasteiger partial charge < -0.3 is 10.6 Å². The monoisotopic (exact) mass is 370 g/mol. The van der Waals surface area contributed by atoms with Crippen LogP contribution in [0.1, 0.15) is 24.0 Å². The summed E-state index contributed by atoms with van der Waals surface area (Å²) >= 11 is 18.2. The third-order valence-electron chi connectivity index (χ3n) is 3.56. The Balaban J connectivity index is 1.99. The maximum Gasteiger partial charge on any atom is 0.211 e. The van der Waals surface area contributed by atoms with Crippen molar-refractivity contribution in [3.05, 3.63) is 62.6 Å². The minimum absolute atomic E-state index is 0.205. The molecule has 3 nitrogen and oxygen atoms in total. The van der Waals surface area contributed by atoms with Crippen LogP contribution in [-0.4, -0.2) is 13.0 Å². The molecule has 23 heavy (non-hydrogen) atoms. The van der Waals surface area contributed by atoms with Crippen LogP contribution in [0, 0.1) is 0 Å². The number of carbonyl (C=O) groups excluding carboxylic acids is 1. The van der Waals surface area contributed by atoms with Gasteiger partial charge in [-0.2, -0.15) is 0 Å². The first-order valence-corrected chi connectivity index (χ1v) is 8.29. The second kappa shape index (κ2) is 8.55. The highest BCUT2D eigenvalue weighted by molar-refractivity contribution is 6.42. The van der Waals surface area contributed by atoms with Gasteiger partial charge in [0, 0.05) is 23.8 Å². The van der Waals surface area contributed by atoms with Crippen molar-refractivity contribution in [2.45, 2.75) is 19.4 Å². The summed E-state index contributed by atoms with van der Waals surface area (Å²) in [6, 6.07) is 11.1. The highest BCUT2D eigenvalue weighted by Crippen LogP contribution is 2.30. The molecule has 1 unspecified atom stereocenters. The summed E-state index contributed by atoms with van der Waals surface area (Å²) in [7, 11) is 0. The molecule has 2 aromatic rings. The molecule has 2 aromatic carbocycles. The summed E-state index contributed by atoms with van der Waals surface area (Å²) in [6.45, 7) is 3.41. The smallest absolute Gasteiger partial charge is 0.211 e. The zero-order valence-corrected chi connectivity index (χ0v) is 14.8. The SMILES string of the molecule is CC(CNCc1ccc(Cl)cc1NC=O)c1cccc(Cl)c1Cl. The standard InChI is InChI=1S/C17H17Cl3N2O/c1-11(14-3-2-4-15(19)17(14)20)8-21-9-12-5-6-13(18)7-16(12)22-10-23/h2-7,10-11,21H,8-9H2,1H3,(H,22,23). The van der Waals surface area contributed by atoms with E-state index in [0.29, 0.717) is 33.7 Å². The van der Waals surface area contributed by atoms with Gasteiger partial charge in [-0.15, -0.1) is 0 Å². The maximum absolute atomic E-state index is 10.7. The van der Waals surface area contributed by atoms with E-state index in [0.717, 1.165) is 17.7 Å². The van der Waals surface area contributed by atoms with Crippen LogP contribution in [0.2, 0.25) is 15.1 Å². The van der Waals surface area contributed by atoms with Crippen LogP contribution in [0.4, 0.5) is 5.69 Å². The van der Waals surface area contributed by atoms with E-state index >= 15 is 0 Å². The zero-order valence-electron chi connectivity index (χ0n) is 12.6. The van der Waals surface area contributed by atoms with Gasteiger partial charge in [0.15, 0.2) is 0 Å². The molecule has 0 spiro atoms. The van der Waals surface area contributed by atoms with E-state index in [-0.39, 0.29) is 5.92 Å². The predicted octanol–water partition coefficient (Wildman–Crippen LogP) is 5.11. The fourth-order valence-electron chi connectivity index (χ4n) is 2.34. The van der Waals surface area contributed by atoms with Gasteiger partial charge in [-0.3, -0.25) is 4.79 Å². The molecule has 2 rings (SSSR count). The highest BCUT2D eigenvalue weighted by Gasteiger charge is 2.12. The zero-order chi connectivity index (χ0) is 16.8. The van der Waals surface area contributed by atoms with Gasteiger partial charge in [0.25, 0.3) is 0 Å². The lowest BCUT2D eigenvalue weighted by molar-refractivity contribution is -0.105. The Kier molecular flexibility index (Phi) is 6.72. The van der Waals surface area contributed by atoms with E-state index in [9.17, 15) is 4.79 Å². The van der Waals surface area contributed by atoms with E-state index in [4.69, 9.17) is 34.8 Å². The minimum atomic E-state index is 0.205. The van der Waals surface area contributed by atoms with Crippen LogP contribution in [0.15, 0.2) is 36.4 Å². The van der Waals surface area contributed by atoms with Crippen LogP contribution in [0.3, 0.4) is 0 Å². The van der Waals surface area contributed by atoms with Crippen molar-refractivity contribution >= 4 is 46.9 Å².